The molecule has 1 atom stereocenters. The highest BCUT2D eigenvalue weighted by molar-refractivity contribution is 7.17. The van der Waals surface area contributed by atoms with Crippen molar-refractivity contribution >= 4 is 28.2 Å². The Bertz CT molecular complexity index is 1020. The molecule has 0 spiro atoms. The van der Waals surface area contributed by atoms with Crippen molar-refractivity contribution < 1.29 is 23.0 Å². The number of nitrogens with one attached hydrogen (secondary N) is 1. The van der Waals surface area contributed by atoms with Crippen LogP contribution >= 0.6 is 11.3 Å². The minimum absolute atomic E-state index is 0.000932. The highest BCUT2D eigenvalue weighted by Crippen LogP contribution is 2.27. The molecule has 1 aliphatic rings. The summed E-state index contributed by atoms with van der Waals surface area (Å²) in [5, 5.41) is 19.2. The number of ether oxygens (including phenoxy) is 2. The highest BCUT2D eigenvalue weighted by atomic mass is 32.1. The third-order valence-electron chi connectivity index (χ3n) is 4.44. The predicted molar refractivity (Wildman–Crippen MR) is 109 cm³/mol. The van der Waals surface area contributed by atoms with Crippen molar-refractivity contribution in [2.75, 3.05) is 23.3 Å². The number of halogens is 2. The number of benzene rings is 1. The van der Waals surface area contributed by atoms with E-state index in [0.717, 1.165) is 30.1 Å². The number of rotatable bonds is 8. The molecular formula is C19H18F2N6O3S. The van der Waals surface area contributed by atoms with Crippen LogP contribution in [0, 0.1) is 0 Å². The molecule has 3 aromatic rings. The first kappa shape index (κ1) is 20.8. The predicted octanol–water partition coefficient (Wildman–Crippen LogP) is 2.77. The van der Waals surface area contributed by atoms with Gasteiger partial charge in [0, 0.05) is 19.2 Å². The highest BCUT2D eigenvalue weighted by Gasteiger charge is 2.26. The number of alkyl halides is 2. The van der Waals surface area contributed by atoms with Crippen LogP contribution in [0.5, 0.6) is 10.9 Å². The summed E-state index contributed by atoms with van der Waals surface area (Å²) in [5.74, 6) is 0.437. The molecule has 31 heavy (non-hydrogen) atoms. The van der Waals surface area contributed by atoms with E-state index in [-0.39, 0.29) is 24.2 Å². The number of anilines is 2. The fourth-order valence-electron chi connectivity index (χ4n) is 3.13. The number of hydrogen-bond donors (Lipinski definition) is 1. The van der Waals surface area contributed by atoms with Gasteiger partial charge in [0.05, 0.1) is 13.0 Å². The number of hydrogen-bond acceptors (Lipinski definition) is 9. The van der Waals surface area contributed by atoms with Crippen LogP contribution in [0.15, 0.2) is 42.6 Å². The molecule has 0 saturated carbocycles. The summed E-state index contributed by atoms with van der Waals surface area (Å²) in [5.41, 5.74) is 0.534. The second kappa shape index (κ2) is 9.60. The van der Waals surface area contributed by atoms with Gasteiger partial charge in [-0.05, 0) is 41.2 Å². The smallest absolute Gasteiger partial charge is 0.387 e. The van der Waals surface area contributed by atoms with Crippen LogP contribution in [0.1, 0.15) is 12.0 Å². The molecule has 1 aliphatic heterocycles. The van der Waals surface area contributed by atoms with Crippen molar-refractivity contribution in [3.63, 3.8) is 0 Å². The van der Waals surface area contributed by atoms with Crippen molar-refractivity contribution in [1.82, 2.24) is 20.4 Å². The lowest BCUT2D eigenvalue weighted by molar-refractivity contribution is -0.115. The zero-order chi connectivity index (χ0) is 21.6. The van der Waals surface area contributed by atoms with E-state index in [4.69, 9.17) is 4.74 Å². The zero-order valence-electron chi connectivity index (χ0n) is 16.1. The standard InChI is InChI=1S/C19H18F2N6O3S/c20-17(21)29-13-4-1-3-12(9-13)10-16(28)23-18-25-26-19(31-18)30-14-6-8-27(11-14)15-5-2-7-22-24-15/h1-5,7,9,14,17H,6,8,10-11H2,(H,23,25,28)/t14-/m1/s1. The SMILES string of the molecule is O=C(Cc1cccc(OC(F)F)c1)Nc1nnc(O[C@@H]2CCN(c3cccnn3)C2)s1. The van der Waals surface area contributed by atoms with Gasteiger partial charge in [-0.15, -0.1) is 10.2 Å². The first-order valence-electron chi connectivity index (χ1n) is 9.41. The monoisotopic (exact) mass is 448 g/mol. The number of carbonyl (C=O) groups excluding carboxylic acids is 1. The first-order valence-corrected chi connectivity index (χ1v) is 10.2. The molecule has 4 rings (SSSR count). The van der Waals surface area contributed by atoms with E-state index in [0.29, 0.717) is 22.4 Å². The van der Waals surface area contributed by atoms with Crippen LogP contribution in [0.3, 0.4) is 0 Å². The normalized spacial score (nSPS) is 15.8. The van der Waals surface area contributed by atoms with Gasteiger partial charge < -0.3 is 19.7 Å². The third kappa shape index (κ3) is 5.81. The van der Waals surface area contributed by atoms with E-state index >= 15 is 0 Å². The Labute approximate surface area is 180 Å². The van der Waals surface area contributed by atoms with E-state index < -0.39 is 6.61 Å². The van der Waals surface area contributed by atoms with Crippen LogP contribution in [-0.2, 0) is 11.2 Å². The quantitative estimate of drug-likeness (QED) is 0.561. The average molecular weight is 448 g/mol. The molecule has 3 heterocycles. The fraction of sp³-hybridized carbons (Fsp3) is 0.316. The third-order valence-corrected chi connectivity index (χ3v) is 5.17. The summed E-state index contributed by atoms with van der Waals surface area (Å²) in [4.78, 5) is 14.3. The summed E-state index contributed by atoms with van der Waals surface area (Å²) in [6.07, 6.45) is 2.33. The van der Waals surface area contributed by atoms with Gasteiger partial charge in [0.25, 0.3) is 5.19 Å². The Hall–Kier alpha value is -3.41. The van der Waals surface area contributed by atoms with Gasteiger partial charge >= 0.3 is 6.61 Å². The van der Waals surface area contributed by atoms with E-state index in [1.54, 1.807) is 18.3 Å². The molecule has 9 nitrogen and oxygen atoms in total. The van der Waals surface area contributed by atoms with Gasteiger partial charge in [0.1, 0.15) is 11.9 Å². The van der Waals surface area contributed by atoms with Crippen molar-refractivity contribution in [1.29, 1.82) is 0 Å². The van der Waals surface area contributed by atoms with Gasteiger partial charge in [-0.25, -0.2) is 0 Å². The lowest BCUT2D eigenvalue weighted by Crippen LogP contribution is -2.25. The number of nitrogens with zero attached hydrogens (tertiary/aromatic N) is 5. The van der Waals surface area contributed by atoms with Crippen molar-refractivity contribution in [3.8, 4) is 10.9 Å². The van der Waals surface area contributed by atoms with Gasteiger partial charge in [-0.1, -0.05) is 17.2 Å². The molecule has 0 aliphatic carbocycles. The van der Waals surface area contributed by atoms with Crippen LogP contribution in [0.25, 0.3) is 0 Å². The van der Waals surface area contributed by atoms with Crippen LogP contribution in [0.4, 0.5) is 19.7 Å². The summed E-state index contributed by atoms with van der Waals surface area (Å²) < 4.78 is 34.9. The molecule has 0 radical (unpaired) electrons. The zero-order valence-corrected chi connectivity index (χ0v) is 17.0. The maximum atomic E-state index is 12.3. The maximum Gasteiger partial charge on any atom is 0.387 e. The number of aromatic nitrogens is 4. The summed E-state index contributed by atoms with van der Waals surface area (Å²) >= 11 is 1.12. The molecule has 2 aromatic heterocycles. The molecule has 1 saturated heterocycles. The lowest BCUT2D eigenvalue weighted by Gasteiger charge is -2.16. The number of carbonyl (C=O) groups is 1. The van der Waals surface area contributed by atoms with E-state index in [2.05, 4.69) is 35.3 Å². The topological polar surface area (TPSA) is 102 Å². The Morgan fingerprint density at radius 2 is 2.16 bits per heavy atom. The molecule has 1 fully saturated rings. The Balaban J connectivity index is 1.28. The molecule has 1 amide bonds. The molecule has 1 aromatic carbocycles. The Kier molecular flexibility index (Phi) is 6.46. The molecule has 1 N–H and O–H groups in total. The van der Waals surface area contributed by atoms with E-state index in [1.807, 2.05) is 12.1 Å². The lowest BCUT2D eigenvalue weighted by atomic mass is 10.1. The Morgan fingerprint density at radius 3 is 2.97 bits per heavy atom. The summed E-state index contributed by atoms with van der Waals surface area (Å²) in [6, 6.07) is 9.71. The molecule has 0 bridgehead atoms. The van der Waals surface area contributed by atoms with Gasteiger partial charge in [0.2, 0.25) is 11.0 Å². The molecule has 12 heteroatoms. The Morgan fingerprint density at radius 1 is 1.26 bits per heavy atom. The van der Waals surface area contributed by atoms with Crippen molar-refractivity contribution in [3.05, 3.63) is 48.2 Å². The fourth-order valence-corrected chi connectivity index (χ4v) is 3.80. The summed E-state index contributed by atoms with van der Waals surface area (Å²) in [7, 11) is 0. The second-order valence-corrected chi connectivity index (χ2v) is 7.62. The van der Waals surface area contributed by atoms with Crippen LogP contribution in [-0.4, -0.2) is 52.1 Å². The average Bonchev–Trinajstić information content (AvgIpc) is 3.38. The molecule has 0 unspecified atom stereocenters. The molecule has 162 valence electrons. The van der Waals surface area contributed by atoms with Gasteiger partial charge in [0.15, 0.2) is 5.82 Å². The first-order chi connectivity index (χ1) is 15.0. The largest absolute Gasteiger partial charge is 0.464 e. The van der Waals surface area contributed by atoms with Crippen molar-refractivity contribution in [2.45, 2.75) is 25.6 Å². The minimum atomic E-state index is -2.92. The second-order valence-electron chi connectivity index (χ2n) is 6.68. The maximum absolute atomic E-state index is 12.3. The van der Waals surface area contributed by atoms with E-state index in [9.17, 15) is 13.6 Å². The summed E-state index contributed by atoms with van der Waals surface area (Å²) in [6.45, 7) is -1.48. The van der Waals surface area contributed by atoms with Crippen LogP contribution < -0.4 is 19.7 Å². The van der Waals surface area contributed by atoms with E-state index in [1.165, 1.54) is 12.1 Å². The number of amides is 1. The minimum Gasteiger partial charge on any atom is -0.464 e. The molecular weight excluding hydrogens is 430 g/mol. The van der Waals surface area contributed by atoms with Gasteiger partial charge in [-0.2, -0.15) is 13.9 Å². The van der Waals surface area contributed by atoms with Gasteiger partial charge in [-0.3, -0.25) is 4.79 Å². The van der Waals surface area contributed by atoms with Crippen molar-refractivity contribution in [2.24, 2.45) is 0 Å². The van der Waals surface area contributed by atoms with Crippen LogP contribution in [0.2, 0.25) is 0 Å².